The van der Waals surface area contributed by atoms with Crippen LogP contribution in [0.1, 0.15) is 23.0 Å². The van der Waals surface area contributed by atoms with Crippen molar-refractivity contribution in [2.24, 2.45) is 0 Å². The van der Waals surface area contributed by atoms with E-state index in [1.54, 1.807) is 6.92 Å². The van der Waals surface area contributed by atoms with Crippen LogP contribution in [0.5, 0.6) is 0 Å². The van der Waals surface area contributed by atoms with Gasteiger partial charge in [-0.25, -0.2) is 4.79 Å². The average molecular weight is 395 g/mol. The fraction of sp³-hybridized carbons (Fsp3) is 0.100. The lowest BCUT2D eigenvalue weighted by molar-refractivity contribution is 0.0521. The van der Waals surface area contributed by atoms with Crippen LogP contribution in [0, 0.1) is 11.3 Å². The molecule has 0 spiro atoms. The van der Waals surface area contributed by atoms with Crippen LogP contribution in [-0.4, -0.2) is 17.6 Å². The molecule has 25 heavy (non-hydrogen) atoms. The normalized spacial score (nSPS) is 10.3. The Labute approximate surface area is 154 Å². The molecule has 5 heteroatoms. The van der Waals surface area contributed by atoms with Crippen LogP contribution in [-0.2, 0) is 4.74 Å². The van der Waals surface area contributed by atoms with Crippen molar-refractivity contribution in [1.82, 2.24) is 4.98 Å². The number of hydrogen-bond donors (Lipinski definition) is 1. The Kier molecular flexibility index (Phi) is 5.01. The van der Waals surface area contributed by atoms with E-state index in [0.717, 1.165) is 16.7 Å². The average Bonchev–Trinajstić information content (AvgIpc) is 2.99. The summed E-state index contributed by atoms with van der Waals surface area (Å²) in [6.07, 6.45) is 0. The second-order valence-electron chi connectivity index (χ2n) is 5.34. The van der Waals surface area contributed by atoms with E-state index in [1.807, 2.05) is 54.6 Å². The first-order valence-electron chi connectivity index (χ1n) is 7.80. The second kappa shape index (κ2) is 7.37. The maximum absolute atomic E-state index is 12.2. The quantitative estimate of drug-likeness (QED) is 0.621. The highest BCUT2D eigenvalue weighted by molar-refractivity contribution is 9.10. The van der Waals surface area contributed by atoms with Gasteiger partial charge in [-0.2, -0.15) is 5.26 Å². The molecule has 0 aliphatic carbocycles. The fourth-order valence-electron chi connectivity index (χ4n) is 2.68. The minimum atomic E-state index is -0.480. The molecule has 4 nitrogen and oxygen atoms in total. The molecule has 3 rings (SSSR count). The first-order chi connectivity index (χ1) is 12.2. The lowest BCUT2D eigenvalue weighted by Crippen LogP contribution is -2.06. The maximum Gasteiger partial charge on any atom is 0.355 e. The number of nitriles is 1. The smallest absolute Gasteiger partial charge is 0.355 e. The van der Waals surface area contributed by atoms with Gasteiger partial charge in [0.2, 0.25) is 0 Å². The van der Waals surface area contributed by atoms with Crippen LogP contribution in [0.25, 0.3) is 22.3 Å². The number of hydrogen-bond acceptors (Lipinski definition) is 3. The monoisotopic (exact) mass is 394 g/mol. The summed E-state index contributed by atoms with van der Waals surface area (Å²) in [7, 11) is 0. The topological polar surface area (TPSA) is 65.9 Å². The zero-order chi connectivity index (χ0) is 17.8. The van der Waals surface area contributed by atoms with Gasteiger partial charge in [0.05, 0.1) is 12.2 Å². The van der Waals surface area contributed by atoms with Crippen LogP contribution >= 0.6 is 15.9 Å². The molecule has 1 heterocycles. The number of carbonyl (C=O) groups excluding carboxylic acids is 1. The summed E-state index contributed by atoms with van der Waals surface area (Å²) in [5, 5.41) is 9.47. The standard InChI is InChI=1S/C20H15BrN2O2/c1-2-25-20(24)18-17(16(12-22)19(21)23-18)15-10-8-14(9-11-15)13-6-4-3-5-7-13/h3-11,23H,2H2,1H3. The molecule has 0 bridgehead atoms. The number of benzene rings is 2. The number of esters is 1. The Morgan fingerprint density at radius 1 is 1.08 bits per heavy atom. The third-order valence-corrected chi connectivity index (χ3v) is 4.42. The maximum atomic E-state index is 12.2. The third-order valence-electron chi connectivity index (χ3n) is 3.83. The summed E-state index contributed by atoms with van der Waals surface area (Å²) >= 11 is 3.31. The van der Waals surface area contributed by atoms with Crippen LogP contribution in [0.2, 0.25) is 0 Å². The Balaban J connectivity index is 2.07. The first-order valence-corrected chi connectivity index (χ1v) is 8.59. The zero-order valence-corrected chi connectivity index (χ0v) is 15.1. The van der Waals surface area contributed by atoms with Crippen molar-refractivity contribution < 1.29 is 9.53 Å². The van der Waals surface area contributed by atoms with E-state index in [2.05, 4.69) is 27.0 Å². The van der Waals surface area contributed by atoms with E-state index in [9.17, 15) is 10.1 Å². The molecule has 124 valence electrons. The highest BCUT2D eigenvalue weighted by Gasteiger charge is 2.23. The van der Waals surface area contributed by atoms with E-state index in [4.69, 9.17) is 4.74 Å². The second-order valence-corrected chi connectivity index (χ2v) is 6.13. The Morgan fingerprint density at radius 3 is 2.28 bits per heavy atom. The highest BCUT2D eigenvalue weighted by atomic mass is 79.9. The number of nitrogens with zero attached hydrogens (tertiary/aromatic N) is 1. The molecule has 1 N–H and O–H groups in total. The minimum absolute atomic E-state index is 0.268. The van der Waals surface area contributed by atoms with Gasteiger partial charge in [0, 0.05) is 5.56 Å². The van der Waals surface area contributed by atoms with Crippen molar-refractivity contribution in [3.8, 4) is 28.3 Å². The molecule has 0 radical (unpaired) electrons. The largest absolute Gasteiger partial charge is 0.461 e. The molecule has 0 saturated heterocycles. The molecule has 0 aliphatic rings. The van der Waals surface area contributed by atoms with Crippen molar-refractivity contribution in [3.05, 3.63) is 70.5 Å². The molecule has 0 amide bonds. The summed E-state index contributed by atoms with van der Waals surface area (Å²) in [4.78, 5) is 15.1. The van der Waals surface area contributed by atoms with Gasteiger partial charge in [-0.1, -0.05) is 54.6 Å². The van der Waals surface area contributed by atoms with E-state index < -0.39 is 5.97 Å². The van der Waals surface area contributed by atoms with Gasteiger partial charge in [-0.3, -0.25) is 0 Å². The van der Waals surface area contributed by atoms with Crippen molar-refractivity contribution in [1.29, 1.82) is 5.26 Å². The van der Waals surface area contributed by atoms with Gasteiger partial charge >= 0.3 is 5.97 Å². The number of ether oxygens (including phenoxy) is 1. The third kappa shape index (κ3) is 3.35. The number of halogens is 1. The summed E-state index contributed by atoms with van der Waals surface area (Å²) in [6, 6.07) is 19.9. The number of H-pyrrole nitrogens is 1. The molecule has 0 aliphatic heterocycles. The lowest BCUT2D eigenvalue weighted by Gasteiger charge is -2.07. The van der Waals surface area contributed by atoms with Crippen molar-refractivity contribution >= 4 is 21.9 Å². The van der Waals surface area contributed by atoms with E-state index in [1.165, 1.54) is 0 Å². The number of rotatable bonds is 4. The molecule has 2 aromatic carbocycles. The SMILES string of the molecule is CCOC(=O)c1[nH]c(Br)c(C#N)c1-c1ccc(-c2ccccc2)cc1. The van der Waals surface area contributed by atoms with Crippen LogP contribution < -0.4 is 0 Å². The Hall–Kier alpha value is -2.84. The molecular formula is C20H15BrN2O2. The summed E-state index contributed by atoms with van der Waals surface area (Å²) in [6.45, 7) is 2.01. The molecule has 0 saturated carbocycles. The minimum Gasteiger partial charge on any atom is -0.461 e. The predicted octanol–water partition coefficient (Wildman–Crippen LogP) is 5.16. The van der Waals surface area contributed by atoms with Crippen LogP contribution in [0.3, 0.4) is 0 Å². The first kappa shape index (κ1) is 17.0. The Morgan fingerprint density at radius 2 is 1.68 bits per heavy atom. The van der Waals surface area contributed by atoms with Gasteiger partial charge in [0.1, 0.15) is 16.4 Å². The zero-order valence-electron chi connectivity index (χ0n) is 13.5. The van der Waals surface area contributed by atoms with Crippen molar-refractivity contribution in [2.75, 3.05) is 6.61 Å². The van der Waals surface area contributed by atoms with E-state index >= 15 is 0 Å². The summed E-state index contributed by atoms with van der Waals surface area (Å²) in [5.41, 5.74) is 4.16. The van der Waals surface area contributed by atoms with Gasteiger partial charge in [-0.05, 0) is 39.5 Å². The number of nitrogens with one attached hydrogen (secondary N) is 1. The summed E-state index contributed by atoms with van der Waals surface area (Å²) < 4.78 is 5.57. The number of carbonyl (C=O) groups is 1. The molecular weight excluding hydrogens is 380 g/mol. The molecule has 0 fully saturated rings. The van der Waals surface area contributed by atoms with Gasteiger partial charge < -0.3 is 9.72 Å². The van der Waals surface area contributed by atoms with Crippen molar-refractivity contribution in [3.63, 3.8) is 0 Å². The highest BCUT2D eigenvalue weighted by Crippen LogP contribution is 2.34. The molecule has 3 aromatic rings. The fourth-order valence-corrected chi connectivity index (χ4v) is 3.16. The predicted molar refractivity (Wildman–Crippen MR) is 100 cm³/mol. The molecule has 1 aromatic heterocycles. The van der Waals surface area contributed by atoms with E-state index in [0.29, 0.717) is 15.7 Å². The van der Waals surface area contributed by atoms with Crippen LogP contribution in [0.4, 0.5) is 0 Å². The molecule has 0 atom stereocenters. The van der Waals surface area contributed by atoms with Crippen molar-refractivity contribution in [2.45, 2.75) is 6.92 Å². The van der Waals surface area contributed by atoms with Gasteiger partial charge in [0.15, 0.2) is 0 Å². The van der Waals surface area contributed by atoms with Gasteiger partial charge in [-0.15, -0.1) is 0 Å². The summed E-state index contributed by atoms with van der Waals surface area (Å²) in [5.74, 6) is -0.480. The molecule has 0 unspecified atom stereocenters. The van der Waals surface area contributed by atoms with E-state index in [-0.39, 0.29) is 12.3 Å². The Bertz CT molecular complexity index is 938. The van der Waals surface area contributed by atoms with Crippen LogP contribution in [0.15, 0.2) is 59.2 Å². The number of aromatic amines is 1. The number of aromatic nitrogens is 1. The van der Waals surface area contributed by atoms with Gasteiger partial charge in [0.25, 0.3) is 0 Å². The lowest BCUT2D eigenvalue weighted by atomic mass is 9.98.